The first kappa shape index (κ1) is 23.7. The van der Waals surface area contributed by atoms with Crippen molar-refractivity contribution in [1.29, 1.82) is 0 Å². The van der Waals surface area contributed by atoms with E-state index in [1.165, 1.54) is 17.3 Å². The van der Waals surface area contributed by atoms with Gasteiger partial charge in [0.25, 0.3) is 0 Å². The number of aryl methyl sites for hydroxylation is 2. The number of carbonyl (C=O) groups is 1. The van der Waals surface area contributed by atoms with Crippen molar-refractivity contribution in [1.82, 2.24) is 4.98 Å². The van der Waals surface area contributed by atoms with E-state index in [1.807, 2.05) is 56.3 Å². The third-order valence-corrected chi connectivity index (χ3v) is 6.17. The number of pyridine rings is 1. The number of hydrogen-bond acceptors (Lipinski definition) is 5. The van der Waals surface area contributed by atoms with Crippen LogP contribution in [0.4, 0.5) is 0 Å². The van der Waals surface area contributed by atoms with Crippen LogP contribution < -0.4 is 9.47 Å². The fourth-order valence-corrected chi connectivity index (χ4v) is 3.98. The zero-order valence-electron chi connectivity index (χ0n) is 18.7. The Kier molecular flexibility index (Phi) is 8.56. The highest BCUT2D eigenvalue weighted by molar-refractivity contribution is 8.00. The molecule has 168 valence electrons. The minimum atomic E-state index is -0.820. The molecule has 3 rings (SSSR count). The SMILES string of the molecule is CCc1ccc(OC(C)CCOc2ccc(SCC(=O)O)c(C)c2)c(-c2ccccn2)c1. The number of benzene rings is 2. The van der Waals surface area contributed by atoms with E-state index in [1.54, 1.807) is 6.20 Å². The van der Waals surface area contributed by atoms with Crippen molar-refractivity contribution in [2.45, 2.75) is 44.6 Å². The first-order valence-electron chi connectivity index (χ1n) is 10.7. The Labute approximate surface area is 193 Å². The van der Waals surface area contributed by atoms with Crippen LogP contribution in [0.2, 0.25) is 0 Å². The molecule has 1 atom stereocenters. The van der Waals surface area contributed by atoms with Gasteiger partial charge in [-0.15, -0.1) is 11.8 Å². The molecule has 0 spiro atoms. The number of rotatable bonds is 11. The summed E-state index contributed by atoms with van der Waals surface area (Å²) in [7, 11) is 0. The van der Waals surface area contributed by atoms with Gasteiger partial charge in [0.1, 0.15) is 11.5 Å². The van der Waals surface area contributed by atoms with Gasteiger partial charge < -0.3 is 14.6 Å². The highest BCUT2D eigenvalue weighted by atomic mass is 32.2. The molecule has 0 aliphatic heterocycles. The lowest BCUT2D eigenvalue weighted by atomic mass is 10.0. The number of nitrogens with zero attached hydrogens (tertiary/aromatic N) is 1. The Morgan fingerprint density at radius 2 is 2.00 bits per heavy atom. The van der Waals surface area contributed by atoms with E-state index >= 15 is 0 Å². The van der Waals surface area contributed by atoms with E-state index in [0.717, 1.165) is 46.1 Å². The van der Waals surface area contributed by atoms with E-state index < -0.39 is 5.97 Å². The van der Waals surface area contributed by atoms with Gasteiger partial charge in [-0.2, -0.15) is 0 Å². The zero-order chi connectivity index (χ0) is 22.9. The summed E-state index contributed by atoms with van der Waals surface area (Å²) < 4.78 is 12.2. The molecular weight excluding hydrogens is 422 g/mol. The van der Waals surface area contributed by atoms with Crippen LogP contribution in [0.5, 0.6) is 11.5 Å². The lowest BCUT2D eigenvalue weighted by Crippen LogP contribution is -2.16. The van der Waals surface area contributed by atoms with E-state index in [0.29, 0.717) is 6.61 Å². The number of aromatic nitrogens is 1. The van der Waals surface area contributed by atoms with Gasteiger partial charge in [0.15, 0.2) is 0 Å². The van der Waals surface area contributed by atoms with Gasteiger partial charge in [-0.25, -0.2) is 0 Å². The summed E-state index contributed by atoms with van der Waals surface area (Å²) >= 11 is 1.32. The molecule has 0 aliphatic rings. The van der Waals surface area contributed by atoms with Crippen molar-refractivity contribution in [3.05, 3.63) is 71.9 Å². The highest BCUT2D eigenvalue weighted by Gasteiger charge is 2.12. The third-order valence-electron chi connectivity index (χ3n) is 5.01. The quantitative estimate of drug-likeness (QED) is 0.359. The minimum absolute atomic E-state index is 0.0311. The Morgan fingerprint density at radius 3 is 2.69 bits per heavy atom. The number of ether oxygens (including phenoxy) is 2. The second kappa shape index (κ2) is 11.6. The highest BCUT2D eigenvalue weighted by Crippen LogP contribution is 2.31. The second-order valence-electron chi connectivity index (χ2n) is 7.57. The lowest BCUT2D eigenvalue weighted by Gasteiger charge is -2.18. The van der Waals surface area contributed by atoms with E-state index in [2.05, 4.69) is 24.0 Å². The van der Waals surface area contributed by atoms with Gasteiger partial charge >= 0.3 is 5.97 Å². The second-order valence-corrected chi connectivity index (χ2v) is 8.59. The van der Waals surface area contributed by atoms with Crippen LogP contribution in [-0.2, 0) is 11.2 Å². The van der Waals surface area contributed by atoms with Crippen molar-refractivity contribution in [2.75, 3.05) is 12.4 Å². The van der Waals surface area contributed by atoms with Crippen molar-refractivity contribution in [3.8, 4) is 22.8 Å². The summed E-state index contributed by atoms with van der Waals surface area (Å²) in [6.45, 7) is 6.66. The van der Waals surface area contributed by atoms with Crippen LogP contribution in [0.15, 0.2) is 65.7 Å². The van der Waals surface area contributed by atoms with Gasteiger partial charge in [-0.1, -0.05) is 19.1 Å². The van der Waals surface area contributed by atoms with Crippen molar-refractivity contribution >= 4 is 17.7 Å². The molecule has 5 nitrogen and oxygen atoms in total. The molecule has 2 aromatic carbocycles. The largest absolute Gasteiger partial charge is 0.493 e. The molecular formula is C26H29NO4S. The molecule has 3 aromatic rings. The maximum absolute atomic E-state index is 10.8. The van der Waals surface area contributed by atoms with Crippen molar-refractivity contribution in [3.63, 3.8) is 0 Å². The topological polar surface area (TPSA) is 68.7 Å². The Hall–Kier alpha value is -2.99. The van der Waals surface area contributed by atoms with Crippen LogP contribution in [0.25, 0.3) is 11.3 Å². The summed E-state index contributed by atoms with van der Waals surface area (Å²) in [6, 6.07) is 17.9. The molecule has 1 unspecified atom stereocenters. The zero-order valence-corrected chi connectivity index (χ0v) is 19.5. The molecule has 0 aliphatic carbocycles. The van der Waals surface area contributed by atoms with Gasteiger partial charge in [0.2, 0.25) is 0 Å². The average Bonchev–Trinajstić information content (AvgIpc) is 2.79. The van der Waals surface area contributed by atoms with E-state index in [-0.39, 0.29) is 11.9 Å². The van der Waals surface area contributed by atoms with Crippen molar-refractivity contribution < 1.29 is 19.4 Å². The van der Waals surface area contributed by atoms with Crippen LogP contribution >= 0.6 is 11.8 Å². The molecule has 1 aromatic heterocycles. The van der Waals surface area contributed by atoms with Gasteiger partial charge in [-0.3, -0.25) is 9.78 Å². The monoisotopic (exact) mass is 451 g/mol. The fourth-order valence-electron chi connectivity index (χ4n) is 3.25. The van der Waals surface area contributed by atoms with Crippen molar-refractivity contribution in [2.24, 2.45) is 0 Å². The number of carboxylic acid groups (broad SMARTS) is 1. The van der Waals surface area contributed by atoms with Crippen LogP contribution in [0, 0.1) is 6.92 Å². The molecule has 0 saturated carbocycles. The molecule has 0 fully saturated rings. The smallest absolute Gasteiger partial charge is 0.313 e. The molecule has 0 saturated heterocycles. The maximum Gasteiger partial charge on any atom is 0.313 e. The van der Waals surface area contributed by atoms with Crippen LogP contribution in [0.3, 0.4) is 0 Å². The molecule has 1 heterocycles. The van der Waals surface area contributed by atoms with Gasteiger partial charge in [-0.05, 0) is 73.9 Å². The Morgan fingerprint density at radius 1 is 1.16 bits per heavy atom. The minimum Gasteiger partial charge on any atom is -0.493 e. The average molecular weight is 452 g/mol. The lowest BCUT2D eigenvalue weighted by molar-refractivity contribution is -0.133. The first-order chi connectivity index (χ1) is 15.5. The summed E-state index contributed by atoms with van der Waals surface area (Å²) in [5, 5.41) is 8.84. The molecule has 1 N–H and O–H groups in total. The number of carboxylic acids is 1. The van der Waals surface area contributed by atoms with Crippen LogP contribution in [-0.4, -0.2) is 34.5 Å². The molecule has 0 radical (unpaired) electrons. The Bertz CT molecular complexity index is 1040. The predicted octanol–water partition coefficient (Wildman–Crippen LogP) is 6.03. The normalized spacial score (nSPS) is 11.7. The molecule has 0 amide bonds. The molecule has 6 heteroatoms. The molecule has 0 bridgehead atoms. The standard InChI is InChI=1S/C26H29NO4S/c1-4-20-8-10-24(22(16-20)23-7-5-6-13-27-23)31-19(3)12-14-30-21-9-11-25(18(2)15-21)32-17-26(28)29/h5-11,13,15-16,19H,4,12,14,17H2,1-3H3,(H,28,29). The number of thioether (sulfide) groups is 1. The number of hydrogen-bond donors (Lipinski definition) is 1. The fraction of sp³-hybridized carbons (Fsp3) is 0.308. The number of aliphatic carboxylic acids is 1. The van der Waals surface area contributed by atoms with Gasteiger partial charge in [0.05, 0.1) is 24.2 Å². The summed E-state index contributed by atoms with van der Waals surface area (Å²) in [6.07, 6.45) is 3.45. The van der Waals surface area contributed by atoms with Crippen LogP contribution in [0.1, 0.15) is 31.4 Å². The Balaban J connectivity index is 1.58. The maximum atomic E-state index is 10.8. The van der Waals surface area contributed by atoms with Gasteiger partial charge in [0, 0.05) is 23.1 Å². The summed E-state index contributed by atoms with van der Waals surface area (Å²) in [5.74, 6) is 0.828. The predicted molar refractivity (Wildman–Crippen MR) is 129 cm³/mol. The summed E-state index contributed by atoms with van der Waals surface area (Å²) in [4.78, 5) is 16.2. The third kappa shape index (κ3) is 6.76. The summed E-state index contributed by atoms with van der Waals surface area (Å²) in [5.41, 5.74) is 4.16. The molecule has 32 heavy (non-hydrogen) atoms. The first-order valence-corrected chi connectivity index (χ1v) is 11.7. The van der Waals surface area contributed by atoms with E-state index in [4.69, 9.17) is 14.6 Å². The van der Waals surface area contributed by atoms with E-state index in [9.17, 15) is 4.79 Å².